The van der Waals surface area contributed by atoms with Gasteiger partial charge in [0.15, 0.2) is 0 Å². The second-order valence-electron chi connectivity index (χ2n) is 5.30. The molecule has 0 aliphatic rings. The molecule has 3 rings (SSSR count). The summed E-state index contributed by atoms with van der Waals surface area (Å²) in [6.07, 6.45) is 0. The quantitative estimate of drug-likeness (QED) is 0.477. The third-order valence-corrected chi connectivity index (χ3v) is 6.75. The fraction of sp³-hybridized carbons (Fsp3) is 0.235. The van der Waals surface area contributed by atoms with Crippen LogP contribution in [0.15, 0.2) is 47.4 Å². The van der Waals surface area contributed by atoms with Crippen LogP contribution in [0.3, 0.4) is 0 Å². The summed E-state index contributed by atoms with van der Waals surface area (Å²) in [5, 5.41) is 1.35. The van der Waals surface area contributed by atoms with Crippen LogP contribution in [0.2, 0.25) is 0 Å². The third-order valence-electron chi connectivity index (χ3n) is 3.59. The van der Waals surface area contributed by atoms with Crippen molar-refractivity contribution in [1.82, 2.24) is 0 Å². The first kappa shape index (κ1) is 18.7. The van der Waals surface area contributed by atoms with Crippen molar-refractivity contribution in [3.63, 3.8) is 0 Å². The number of fused-ring (bicyclic) bond motifs is 1. The fourth-order valence-corrected chi connectivity index (χ4v) is 4.58. The minimum absolute atomic E-state index is 0.178. The van der Waals surface area contributed by atoms with Crippen LogP contribution >= 0.6 is 0 Å². The average molecular weight is 412 g/mol. The van der Waals surface area contributed by atoms with Crippen molar-refractivity contribution in [2.45, 2.75) is 18.7 Å². The Labute approximate surface area is 148 Å². The van der Waals surface area contributed by atoms with Gasteiger partial charge >= 0.3 is 83.4 Å². The molecule has 1 heterocycles. The molecule has 5 nitrogen and oxygen atoms in total. The van der Waals surface area contributed by atoms with Crippen LogP contribution in [-0.4, -0.2) is 34.8 Å². The molecule has 0 spiro atoms. The van der Waals surface area contributed by atoms with Gasteiger partial charge in [0.25, 0.3) is 0 Å². The van der Waals surface area contributed by atoms with Crippen LogP contribution in [0.25, 0.3) is 9.65 Å². The first-order valence-corrected chi connectivity index (χ1v) is 10.2. The number of nitrogens with zero attached hydrogens (tertiary/aromatic N) is 1. The van der Waals surface area contributed by atoms with Crippen LogP contribution in [0.5, 0.6) is 5.75 Å². The molecule has 0 saturated carbocycles. The molecule has 1 aromatic heterocycles. The van der Waals surface area contributed by atoms with Gasteiger partial charge < -0.3 is 4.55 Å². The summed E-state index contributed by atoms with van der Waals surface area (Å²) in [6, 6.07) is 12.1. The van der Waals surface area contributed by atoms with E-state index in [1.54, 1.807) is 19.2 Å². The minimum atomic E-state index is -4.27. The Morgan fingerprint density at radius 1 is 1.08 bits per heavy atom. The smallest absolute Gasteiger partial charge is 0.124 e. The second-order valence-corrected chi connectivity index (χ2v) is 9.14. The van der Waals surface area contributed by atoms with Gasteiger partial charge in [0, 0.05) is 0 Å². The van der Waals surface area contributed by atoms with Gasteiger partial charge in [-0.25, -0.2) is 8.42 Å². The molecule has 0 aliphatic carbocycles. The maximum Gasteiger partial charge on any atom is 0.124 e. The number of hydrogen-bond acceptors (Lipinski definition) is 4. The molecular weight excluding hydrogens is 393 g/mol. The maximum absolute atomic E-state index is 10.4. The summed E-state index contributed by atoms with van der Waals surface area (Å²) >= 11 is 0.464. The molecule has 0 bridgehead atoms. The number of methoxy groups -OCH3 is 1. The number of benzene rings is 2. The van der Waals surface area contributed by atoms with Crippen LogP contribution in [0, 0.1) is 13.8 Å². The Morgan fingerprint density at radius 2 is 1.71 bits per heavy atom. The van der Waals surface area contributed by atoms with Crippen molar-refractivity contribution in [2.24, 2.45) is 7.05 Å². The molecule has 24 heavy (non-hydrogen) atoms. The van der Waals surface area contributed by atoms with Gasteiger partial charge in [0.2, 0.25) is 0 Å². The van der Waals surface area contributed by atoms with E-state index < -0.39 is 10.1 Å². The number of aryl methyl sites for hydroxylation is 3. The topological polar surface area (TPSA) is 70.3 Å². The Kier molecular flexibility index (Phi) is 5.83. The Hall–Kier alpha value is -1.66. The van der Waals surface area contributed by atoms with Crippen molar-refractivity contribution in [3.05, 3.63) is 53.7 Å². The Morgan fingerprint density at radius 3 is 2.25 bits per heavy atom. The first-order chi connectivity index (χ1) is 11.2. The van der Waals surface area contributed by atoms with Gasteiger partial charge in [-0.3, -0.25) is 0 Å². The molecule has 0 atom stereocenters. The summed E-state index contributed by atoms with van der Waals surface area (Å²) in [4.78, 5) is -0.178. The van der Waals surface area contributed by atoms with E-state index in [0.717, 1.165) is 11.3 Å². The fourth-order valence-electron chi connectivity index (χ4n) is 2.09. The second kappa shape index (κ2) is 7.49. The largest absolute Gasteiger partial charge is 0.744 e. The predicted octanol–water partition coefficient (Wildman–Crippen LogP) is 1.94. The predicted molar refractivity (Wildman–Crippen MR) is 92.5 cm³/mol. The molecule has 128 valence electrons. The van der Waals surface area contributed by atoms with Gasteiger partial charge in [0.1, 0.15) is 10.1 Å². The number of aromatic nitrogens is 1. The maximum atomic E-state index is 10.4. The van der Waals surface area contributed by atoms with Crippen LogP contribution in [-0.2, 0) is 17.2 Å². The Balaban J connectivity index is 0.000000177. The van der Waals surface area contributed by atoms with Gasteiger partial charge in [-0.15, -0.1) is 0 Å². The van der Waals surface area contributed by atoms with E-state index in [2.05, 4.69) is 29.7 Å². The normalized spacial score (nSPS) is 11.0. The number of rotatable bonds is 2. The summed E-state index contributed by atoms with van der Waals surface area (Å²) in [5.41, 5.74) is 2.28. The van der Waals surface area contributed by atoms with E-state index in [1.165, 1.54) is 27.5 Å². The van der Waals surface area contributed by atoms with E-state index in [4.69, 9.17) is 4.74 Å². The zero-order chi connectivity index (χ0) is 17.9. The molecule has 0 saturated heterocycles. The monoisotopic (exact) mass is 413 g/mol. The van der Waals surface area contributed by atoms with Gasteiger partial charge in [0.05, 0.1) is 4.90 Å². The standard InChI is InChI=1S/C10H12NOSe.C7H8O3S/c1-7-9-6-8(12-3)4-5-10(9)13-11(7)2;1-6-2-4-7(5-3-6)11(8,9)10/h4-6H,1-3H3;2-5H,1H3,(H,8,9,10)/q+1;/p-1. The molecule has 0 fully saturated rings. The zero-order valence-corrected chi connectivity index (χ0v) is 16.5. The Bertz CT molecular complexity index is 947. The molecule has 3 aromatic rings. The molecule has 7 heteroatoms. The van der Waals surface area contributed by atoms with E-state index in [-0.39, 0.29) is 4.90 Å². The van der Waals surface area contributed by atoms with Crippen molar-refractivity contribution >= 4 is 34.5 Å². The van der Waals surface area contributed by atoms with Crippen molar-refractivity contribution < 1.29 is 21.3 Å². The van der Waals surface area contributed by atoms with Crippen molar-refractivity contribution in [2.75, 3.05) is 7.11 Å². The summed E-state index contributed by atoms with van der Waals surface area (Å²) in [7, 11) is -0.420. The first-order valence-electron chi connectivity index (χ1n) is 7.18. The average Bonchev–Trinajstić information content (AvgIpc) is 2.82. The third kappa shape index (κ3) is 4.45. The summed E-state index contributed by atoms with van der Waals surface area (Å²) in [6.45, 7) is 3.98. The molecule has 0 amide bonds. The van der Waals surface area contributed by atoms with Gasteiger partial charge in [-0.2, -0.15) is 0 Å². The van der Waals surface area contributed by atoms with E-state index in [0.29, 0.717) is 14.7 Å². The number of hydrogen-bond donors (Lipinski definition) is 0. The molecule has 0 radical (unpaired) electrons. The van der Waals surface area contributed by atoms with E-state index in [9.17, 15) is 13.0 Å². The summed E-state index contributed by atoms with van der Waals surface area (Å²) < 4.78 is 40.1. The molecule has 0 unspecified atom stereocenters. The van der Waals surface area contributed by atoms with Gasteiger partial charge in [-0.05, 0) is 19.1 Å². The van der Waals surface area contributed by atoms with Gasteiger partial charge in [-0.1, -0.05) is 17.7 Å². The minimum Gasteiger partial charge on any atom is -0.744 e. The zero-order valence-electron chi connectivity index (χ0n) is 13.9. The van der Waals surface area contributed by atoms with Crippen LogP contribution in [0.1, 0.15) is 11.3 Å². The summed E-state index contributed by atoms with van der Waals surface area (Å²) in [5.74, 6) is 0.948. The van der Waals surface area contributed by atoms with Crippen molar-refractivity contribution in [1.29, 1.82) is 0 Å². The molecule has 2 aromatic carbocycles. The molecule has 0 aliphatic heterocycles. The van der Waals surface area contributed by atoms with E-state index in [1.807, 2.05) is 13.0 Å². The van der Waals surface area contributed by atoms with E-state index >= 15 is 0 Å². The van der Waals surface area contributed by atoms with Crippen LogP contribution in [0.4, 0.5) is 0 Å². The SMILES string of the molecule is COc1ccc2[se][n+](C)c(C)c2c1.Cc1ccc(S(=O)(=O)[O-])cc1. The van der Waals surface area contributed by atoms with Crippen LogP contribution < -0.4 is 8.30 Å². The van der Waals surface area contributed by atoms with Crippen molar-refractivity contribution in [3.8, 4) is 5.75 Å². The molecular formula is C17H19NO4SSe. The molecule has 0 N–H and O–H groups in total. The number of ether oxygens (including phenoxy) is 1.